The third kappa shape index (κ3) is 10.1. The van der Waals surface area contributed by atoms with Crippen LogP contribution in [0.15, 0.2) is 24.3 Å². The first kappa shape index (κ1) is 31.4. The maximum absolute atomic E-state index is 13.4. The van der Waals surface area contributed by atoms with Crippen LogP contribution in [0.5, 0.6) is 5.75 Å². The lowest BCUT2D eigenvalue weighted by atomic mass is 9.95. The summed E-state index contributed by atoms with van der Waals surface area (Å²) >= 11 is 0. The van der Waals surface area contributed by atoms with Crippen LogP contribution >= 0.6 is 0 Å². The normalized spacial score (nSPS) is 23.1. The molecule has 9 heteroatoms. The second-order valence-electron chi connectivity index (χ2n) is 11.7. The van der Waals surface area contributed by atoms with Gasteiger partial charge in [-0.1, -0.05) is 58.1 Å². The standard InChI is InChI=1S/C31H48N4O5/c1-22(2)21-26-31(39)35(3)19-11-4-5-12-20-40-27-16-10-9-15-24(27)29(37)34-25(17-18-28(36)33-26)30(38)32-23-13-7-6-8-14-23/h9-10,15-16,22-23,25-26H,4-8,11-14,17-21H2,1-3H3,(H,32,38)(H,33,36)(H,34,37)/t25-,26-/m0/s1. The Labute approximate surface area is 239 Å². The van der Waals surface area contributed by atoms with Crippen molar-refractivity contribution in [1.82, 2.24) is 20.9 Å². The van der Waals surface area contributed by atoms with Gasteiger partial charge in [-0.15, -0.1) is 0 Å². The summed E-state index contributed by atoms with van der Waals surface area (Å²) in [5.74, 6) is -0.405. The van der Waals surface area contributed by atoms with Crippen molar-refractivity contribution in [2.75, 3.05) is 20.2 Å². The molecular formula is C31H48N4O5. The molecule has 0 aromatic heterocycles. The van der Waals surface area contributed by atoms with Crippen LogP contribution in [0.4, 0.5) is 0 Å². The van der Waals surface area contributed by atoms with Crippen LogP contribution in [-0.2, 0) is 14.4 Å². The fourth-order valence-corrected chi connectivity index (χ4v) is 5.43. The molecule has 1 aromatic rings. The number of nitrogens with one attached hydrogen (secondary N) is 3. The molecular weight excluding hydrogens is 508 g/mol. The van der Waals surface area contributed by atoms with E-state index in [1.165, 1.54) is 0 Å². The molecule has 1 heterocycles. The molecule has 40 heavy (non-hydrogen) atoms. The van der Waals surface area contributed by atoms with E-state index in [1.54, 1.807) is 30.1 Å². The summed E-state index contributed by atoms with van der Waals surface area (Å²) in [6, 6.07) is 5.60. The molecule has 1 aromatic carbocycles. The van der Waals surface area contributed by atoms with E-state index >= 15 is 0 Å². The molecule has 2 aliphatic rings. The first-order valence-corrected chi connectivity index (χ1v) is 15.1. The van der Waals surface area contributed by atoms with Crippen LogP contribution in [0, 0.1) is 5.92 Å². The molecule has 0 spiro atoms. The number of fused-ring (bicyclic) bond motifs is 1. The summed E-state index contributed by atoms with van der Waals surface area (Å²) in [4.78, 5) is 54.7. The molecule has 1 fully saturated rings. The molecule has 222 valence electrons. The van der Waals surface area contributed by atoms with Crippen LogP contribution in [-0.4, -0.2) is 66.9 Å². The average molecular weight is 557 g/mol. The number of carbonyl (C=O) groups is 4. The molecule has 0 radical (unpaired) electrons. The van der Waals surface area contributed by atoms with E-state index in [9.17, 15) is 19.2 Å². The highest BCUT2D eigenvalue weighted by Crippen LogP contribution is 2.20. The van der Waals surface area contributed by atoms with E-state index < -0.39 is 18.0 Å². The van der Waals surface area contributed by atoms with Crippen molar-refractivity contribution in [3.05, 3.63) is 29.8 Å². The first-order chi connectivity index (χ1) is 19.2. The largest absolute Gasteiger partial charge is 0.493 e. The van der Waals surface area contributed by atoms with Crippen LogP contribution in [0.2, 0.25) is 0 Å². The van der Waals surface area contributed by atoms with Gasteiger partial charge >= 0.3 is 0 Å². The molecule has 4 amide bonds. The number of ether oxygens (including phenoxy) is 1. The molecule has 3 N–H and O–H groups in total. The predicted octanol–water partition coefficient (Wildman–Crippen LogP) is 3.96. The summed E-state index contributed by atoms with van der Waals surface area (Å²) in [5, 5.41) is 8.88. The second-order valence-corrected chi connectivity index (χ2v) is 11.7. The van der Waals surface area contributed by atoms with E-state index in [0.29, 0.717) is 30.9 Å². The highest BCUT2D eigenvalue weighted by atomic mass is 16.5. The molecule has 0 unspecified atom stereocenters. The zero-order valence-corrected chi connectivity index (χ0v) is 24.5. The number of hydrogen-bond donors (Lipinski definition) is 3. The van der Waals surface area contributed by atoms with Crippen molar-refractivity contribution < 1.29 is 23.9 Å². The number of rotatable bonds is 4. The minimum atomic E-state index is -0.891. The monoisotopic (exact) mass is 556 g/mol. The minimum absolute atomic E-state index is 0.00672. The maximum Gasteiger partial charge on any atom is 0.255 e. The summed E-state index contributed by atoms with van der Waals surface area (Å²) < 4.78 is 5.96. The van der Waals surface area contributed by atoms with Crippen LogP contribution < -0.4 is 20.7 Å². The number of benzene rings is 1. The van der Waals surface area contributed by atoms with Crippen LogP contribution in [0.25, 0.3) is 0 Å². The van der Waals surface area contributed by atoms with Crippen molar-refractivity contribution in [2.45, 2.75) is 109 Å². The van der Waals surface area contributed by atoms with Crippen molar-refractivity contribution >= 4 is 23.6 Å². The number of para-hydroxylation sites is 1. The van der Waals surface area contributed by atoms with Gasteiger partial charge in [0.2, 0.25) is 17.7 Å². The fourth-order valence-electron chi connectivity index (χ4n) is 5.43. The third-order valence-corrected chi connectivity index (χ3v) is 7.73. The quantitative estimate of drug-likeness (QED) is 0.519. The molecule has 1 aliphatic heterocycles. The zero-order valence-electron chi connectivity index (χ0n) is 24.5. The number of nitrogens with zero attached hydrogens (tertiary/aromatic N) is 1. The Hall–Kier alpha value is -3.10. The van der Waals surface area contributed by atoms with Crippen LogP contribution in [0.3, 0.4) is 0 Å². The van der Waals surface area contributed by atoms with Gasteiger partial charge in [0, 0.05) is 26.1 Å². The second kappa shape index (κ2) is 16.2. The molecule has 1 saturated carbocycles. The Morgan fingerprint density at radius 1 is 0.975 bits per heavy atom. The van der Waals surface area contributed by atoms with Gasteiger partial charge in [0.25, 0.3) is 5.91 Å². The van der Waals surface area contributed by atoms with Gasteiger partial charge in [0.15, 0.2) is 0 Å². The number of carbonyl (C=O) groups excluding carboxylic acids is 4. The Kier molecular flexibility index (Phi) is 12.8. The third-order valence-electron chi connectivity index (χ3n) is 7.73. The topological polar surface area (TPSA) is 117 Å². The maximum atomic E-state index is 13.4. The Bertz CT molecular complexity index is 992. The molecule has 2 atom stereocenters. The fraction of sp³-hybridized carbons (Fsp3) is 0.677. The molecule has 0 saturated heterocycles. The number of amides is 4. The molecule has 3 rings (SSSR count). The van der Waals surface area contributed by atoms with Gasteiger partial charge < -0.3 is 25.6 Å². The van der Waals surface area contributed by atoms with Crippen molar-refractivity contribution in [3.63, 3.8) is 0 Å². The van der Waals surface area contributed by atoms with Crippen molar-refractivity contribution in [2.24, 2.45) is 5.92 Å². The smallest absolute Gasteiger partial charge is 0.255 e. The van der Waals surface area contributed by atoms with Crippen molar-refractivity contribution in [3.8, 4) is 5.75 Å². The predicted molar refractivity (Wildman–Crippen MR) is 155 cm³/mol. The van der Waals surface area contributed by atoms with Gasteiger partial charge in [-0.2, -0.15) is 0 Å². The first-order valence-electron chi connectivity index (χ1n) is 15.1. The van der Waals surface area contributed by atoms with Gasteiger partial charge in [-0.25, -0.2) is 0 Å². The Morgan fingerprint density at radius 2 is 1.68 bits per heavy atom. The summed E-state index contributed by atoms with van der Waals surface area (Å²) in [5.41, 5.74) is 0.365. The highest BCUT2D eigenvalue weighted by molar-refractivity contribution is 5.99. The summed E-state index contributed by atoms with van der Waals surface area (Å²) in [6.07, 6.45) is 9.35. The van der Waals surface area contributed by atoms with Crippen LogP contribution in [0.1, 0.15) is 101 Å². The SMILES string of the molecule is CC(C)C[C@@H]1NC(=O)CC[C@@H](C(=O)NC2CCCCC2)NC(=O)c2ccccc2OCCCCCCN(C)C1=O. The van der Waals surface area contributed by atoms with E-state index in [1.807, 2.05) is 19.9 Å². The highest BCUT2D eigenvalue weighted by Gasteiger charge is 2.29. The zero-order chi connectivity index (χ0) is 28.9. The average Bonchev–Trinajstić information content (AvgIpc) is 2.93. The van der Waals surface area contributed by atoms with Crippen molar-refractivity contribution in [1.29, 1.82) is 0 Å². The summed E-state index contributed by atoms with van der Waals surface area (Å²) in [7, 11) is 1.78. The molecule has 1 aliphatic carbocycles. The lowest BCUT2D eigenvalue weighted by molar-refractivity contribution is -0.136. The molecule has 0 bridgehead atoms. The number of likely N-dealkylation sites (N-methyl/N-ethyl adjacent to an activating group) is 1. The van der Waals surface area contributed by atoms with E-state index in [2.05, 4.69) is 16.0 Å². The van der Waals surface area contributed by atoms with E-state index in [0.717, 1.165) is 57.8 Å². The molecule has 9 nitrogen and oxygen atoms in total. The Balaban J connectivity index is 1.80. The lowest BCUT2D eigenvalue weighted by Gasteiger charge is -2.27. The Morgan fingerprint density at radius 3 is 2.42 bits per heavy atom. The van der Waals surface area contributed by atoms with E-state index in [4.69, 9.17) is 4.74 Å². The van der Waals surface area contributed by atoms with Gasteiger partial charge in [-0.05, 0) is 56.6 Å². The van der Waals surface area contributed by atoms with E-state index in [-0.39, 0.29) is 42.5 Å². The lowest BCUT2D eigenvalue weighted by Crippen LogP contribution is -2.51. The summed E-state index contributed by atoms with van der Waals surface area (Å²) in [6.45, 7) is 5.14. The minimum Gasteiger partial charge on any atom is -0.493 e. The van der Waals surface area contributed by atoms with Gasteiger partial charge in [0.1, 0.15) is 17.8 Å². The van der Waals surface area contributed by atoms with Gasteiger partial charge in [0.05, 0.1) is 12.2 Å². The number of hydrogen-bond acceptors (Lipinski definition) is 5. The van der Waals surface area contributed by atoms with Gasteiger partial charge in [-0.3, -0.25) is 19.2 Å².